The van der Waals surface area contributed by atoms with Crippen molar-refractivity contribution in [2.24, 2.45) is 5.41 Å². The molecule has 1 fully saturated rings. The molecule has 110 valence electrons. The maximum Gasteiger partial charge on any atom is 0.337 e. The van der Waals surface area contributed by atoms with Gasteiger partial charge in [0.1, 0.15) is 5.82 Å². The van der Waals surface area contributed by atoms with E-state index >= 15 is 0 Å². The zero-order valence-electron chi connectivity index (χ0n) is 12.6. The molecule has 2 heterocycles. The molecule has 0 atom stereocenters. The normalized spacial score (nSPS) is 18.1. The van der Waals surface area contributed by atoms with E-state index in [9.17, 15) is 4.79 Å². The van der Waals surface area contributed by atoms with Gasteiger partial charge in [0.25, 0.3) is 0 Å². The van der Waals surface area contributed by atoms with Crippen molar-refractivity contribution in [3.8, 4) is 0 Å². The average Bonchev–Trinajstić information content (AvgIpc) is 2.47. The number of carboxylic acids is 1. The number of pyridine rings is 1. The highest BCUT2D eigenvalue weighted by Crippen LogP contribution is 2.39. The van der Waals surface area contributed by atoms with Crippen LogP contribution in [0.25, 0.3) is 0 Å². The summed E-state index contributed by atoms with van der Waals surface area (Å²) in [5.41, 5.74) is 1.70. The number of carboxylic acid groups (broad SMARTS) is 1. The molecule has 0 unspecified atom stereocenters. The lowest BCUT2D eigenvalue weighted by molar-refractivity contribution is 0.0696. The predicted octanol–water partition coefficient (Wildman–Crippen LogP) is 3.49. The van der Waals surface area contributed by atoms with Crippen molar-refractivity contribution >= 4 is 11.8 Å². The van der Waals surface area contributed by atoms with Crippen LogP contribution in [-0.2, 0) is 0 Å². The molecule has 0 amide bonds. The Morgan fingerprint density at radius 3 is 2.40 bits per heavy atom. The Kier molecular flexibility index (Phi) is 4.31. The minimum Gasteiger partial charge on any atom is -0.478 e. The minimum absolute atomic E-state index is 0.264. The lowest BCUT2D eigenvalue weighted by atomic mass is 9.74. The molecule has 0 aromatic carbocycles. The molecule has 1 N–H and O–H groups in total. The van der Waals surface area contributed by atoms with Crippen LogP contribution in [0.4, 0.5) is 5.82 Å². The molecule has 2 rings (SSSR count). The lowest BCUT2D eigenvalue weighted by Gasteiger charge is -2.41. The SMILES string of the molecule is CCC1(CC)CCN(c2ncc(C(=O)O)cc2C)CC1. The second-order valence-corrected chi connectivity index (χ2v) is 5.86. The molecule has 0 radical (unpaired) electrons. The number of hydrogen-bond acceptors (Lipinski definition) is 3. The van der Waals surface area contributed by atoms with Crippen molar-refractivity contribution in [2.75, 3.05) is 18.0 Å². The van der Waals surface area contributed by atoms with Gasteiger partial charge in [0, 0.05) is 19.3 Å². The van der Waals surface area contributed by atoms with E-state index in [1.54, 1.807) is 6.07 Å². The van der Waals surface area contributed by atoms with Gasteiger partial charge in [-0.25, -0.2) is 9.78 Å². The first-order valence-corrected chi connectivity index (χ1v) is 7.46. The first-order valence-electron chi connectivity index (χ1n) is 7.46. The van der Waals surface area contributed by atoms with Crippen LogP contribution in [0.15, 0.2) is 12.3 Å². The van der Waals surface area contributed by atoms with Crippen LogP contribution in [0, 0.1) is 12.3 Å². The van der Waals surface area contributed by atoms with Gasteiger partial charge >= 0.3 is 5.97 Å². The summed E-state index contributed by atoms with van der Waals surface area (Å²) in [6.45, 7) is 8.54. The standard InChI is InChI=1S/C16H24N2O2/c1-4-16(5-2)6-8-18(9-7-16)14-12(3)10-13(11-17-14)15(19)20/h10-11H,4-9H2,1-3H3,(H,19,20). The van der Waals surface area contributed by atoms with Crippen molar-refractivity contribution < 1.29 is 9.90 Å². The van der Waals surface area contributed by atoms with E-state index in [0.717, 1.165) is 24.5 Å². The molecular weight excluding hydrogens is 252 g/mol. The fourth-order valence-electron chi connectivity index (χ4n) is 3.17. The summed E-state index contributed by atoms with van der Waals surface area (Å²) < 4.78 is 0. The number of carbonyl (C=O) groups is 1. The van der Waals surface area contributed by atoms with Crippen LogP contribution in [0.5, 0.6) is 0 Å². The highest BCUT2D eigenvalue weighted by Gasteiger charge is 2.32. The summed E-state index contributed by atoms with van der Waals surface area (Å²) in [7, 11) is 0. The van der Waals surface area contributed by atoms with Gasteiger partial charge in [0.15, 0.2) is 0 Å². The van der Waals surface area contributed by atoms with E-state index < -0.39 is 5.97 Å². The second-order valence-electron chi connectivity index (χ2n) is 5.86. The highest BCUT2D eigenvalue weighted by molar-refractivity contribution is 5.87. The summed E-state index contributed by atoms with van der Waals surface area (Å²) >= 11 is 0. The molecule has 4 nitrogen and oxygen atoms in total. The van der Waals surface area contributed by atoms with Gasteiger partial charge in [-0.3, -0.25) is 0 Å². The van der Waals surface area contributed by atoms with Crippen molar-refractivity contribution in [2.45, 2.75) is 46.5 Å². The van der Waals surface area contributed by atoms with Gasteiger partial charge in [0.05, 0.1) is 5.56 Å². The first-order chi connectivity index (χ1) is 9.51. The monoisotopic (exact) mass is 276 g/mol. The number of piperidine rings is 1. The topological polar surface area (TPSA) is 53.4 Å². The summed E-state index contributed by atoms with van der Waals surface area (Å²) in [6, 6.07) is 1.71. The maximum absolute atomic E-state index is 10.9. The molecule has 0 bridgehead atoms. The number of nitrogens with zero attached hydrogens (tertiary/aromatic N) is 2. The van der Waals surface area contributed by atoms with Crippen molar-refractivity contribution in [1.29, 1.82) is 0 Å². The molecule has 1 saturated heterocycles. The fraction of sp³-hybridized carbons (Fsp3) is 0.625. The third kappa shape index (κ3) is 2.79. The molecule has 0 spiro atoms. The Bertz CT molecular complexity index is 485. The number of aromatic carboxylic acids is 1. The highest BCUT2D eigenvalue weighted by atomic mass is 16.4. The van der Waals surface area contributed by atoms with Crippen LogP contribution >= 0.6 is 0 Å². The van der Waals surface area contributed by atoms with Gasteiger partial charge < -0.3 is 10.0 Å². The summed E-state index contributed by atoms with van der Waals surface area (Å²) in [5, 5.41) is 8.99. The molecule has 0 aliphatic carbocycles. The van der Waals surface area contributed by atoms with Crippen LogP contribution in [0.1, 0.15) is 55.5 Å². The first kappa shape index (κ1) is 14.8. The van der Waals surface area contributed by atoms with Crippen molar-refractivity contribution in [3.05, 3.63) is 23.4 Å². The molecular formula is C16H24N2O2. The zero-order valence-corrected chi connectivity index (χ0v) is 12.6. The van der Waals surface area contributed by atoms with E-state index in [2.05, 4.69) is 23.7 Å². The largest absolute Gasteiger partial charge is 0.478 e. The van der Waals surface area contributed by atoms with Gasteiger partial charge in [0.2, 0.25) is 0 Å². The van der Waals surface area contributed by atoms with Gasteiger partial charge in [-0.1, -0.05) is 26.7 Å². The Balaban J connectivity index is 2.13. The number of aryl methyl sites for hydroxylation is 1. The van der Waals surface area contributed by atoms with Gasteiger partial charge in [-0.15, -0.1) is 0 Å². The Hall–Kier alpha value is -1.58. The predicted molar refractivity (Wildman–Crippen MR) is 80.4 cm³/mol. The van der Waals surface area contributed by atoms with Crippen LogP contribution in [-0.4, -0.2) is 29.1 Å². The van der Waals surface area contributed by atoms with E-state index in [0.29, 0.717) is 5.41 Å². The molecule has 1 aromatic heterocycles. The number of aromatic nitrogens is 1. The summed E-state index contributed by atoms with van der Waals surface area (Å²) in [6.07, 6.45) is 6.33. The maximum atomic E-state index is 10.9. The van der Waals surface area contributed by atoms with E-state index in [1.165, 1.54) is 31.9 Å². The molecule has 0 saturated carbocycles. The quantitative estimate of drug-likeness (QED) is 0.914. The third-order valence-electron chi connectivity index (χ3n) is 4.92. The summed E-state index contributed by atoms with van der Waals surface area (Å²) in [5.74, 6) is 0.0255. The lowest BCUT2D eigenvalue weighted by Crippen LogP contribution is -2.40. The zero-order chi connectivity index (χ0) is 14.8. The van der Waals surface area contributed by atoms with E-state index in [4.69, 9.17) is 5.11 Å². The van der Waals surface area contributed by atoms with E-state index in [-0.39, 0.29) is 5.56 Å². The molecule has 1 aromatic rings. The number of hydrogen-bond donors (Lipinski definition) is 1. The van der Waals surface area contributed by atoms with Gasteiger partial charge in [-0.2, -0.15) is 0 Å². The van der Waals surface area contributed by atoms with E-state index in [1.807, 2.05) is 6.92 Å². The second kappa shape index (κ2) is 5.81. The van der Waals surface area contributed by atoms with Crippen LogP contribution < -0.4 is 4.90 Å². The third-order valence-corrected chi connectivity index (χ3v) is 4.92. The Morgan fingerprint density at radius 2 is 1.95 bits per heavy atom. The molecule has 4 heteroatoms. The minimum atomic E-state index is -0.915. The number of anilines is 1. The van der Waals surface area contributed by atoms with Crippen LogP contribution in [0.2, 0.25) is 0 Å². The van der Waals surface area contributed by atoms with Crippen LogP contribution in [0.3, 0.4) is 0 Å². The average molecular weight is 276 g/mol. The molecule has 1 aliphatic rings. The number of rotatable bonds is 4. The summed E-state index contributed by atoms with van der Waals surface area (Å²) in [4.78, 5) is 17.6. The molecule has 1 aliphatic heterocycles. The smallest absolute Gasteiger partial charge is 0.337 e. The molecule has 20 heavy (non-hydrogen) atoms. The Morgan fingerprint density at radius 1 is 1.35 bits per heavy atom. The van der Waals surface area contributed by atoms with Gasteiger partial charge in [-0.05, 0) is 36.8 Å². The van der Waals surface area contributed by atoms with Crippen molar-refractivity contribution in [3.63, 3.8) is 0 Å². The fourth-order valence-corrected chi connectivity index (χ4v) is 3.17. The Labute approximate surface area is 120 Å². The van der Waals surface area contributed by atoms with Crippen molar-refractivity contribution in [1.82, 2.24) is 4.98 Å².